The number of hydrogen-bond acceptors (Lipinski definition) is 1. The van der Waals surface area contributed by atoms with E-state index in [4.69, 9.17) is 0 Å². The van der Waals surface area contributed by atoms with Gasteiger partial charge in [0.2, 0.25) is 0 Å². The summed E-state index contributed by atoms with van der Waals surface area (Å²) in [5.74, 6) is 0.593. The van der Waals surface area contributed by atoms with Crippen LogP contribution in [0.2, 0.25) is 0 Å². The maximum absolute atomic E-state index is 2.51. The second-order valence-corrected chi connectivity index (χ2v) is 14.3. The van der Waals surface area contributed by atoms with Gasteiger partial charge in [-0.1, -0.05) is 195 Å². The average Bonchev–Trinajstić information content (AvgIpc) is 3.25. The molecule has 1 aliphatic rings. The summed E-state index contributed by atoms with van der Waals surface area (Å²) < 4.78 is 0. The van der Waals surface area contributed by atoms with Gasteiger partial charge in [-0.05, 0) is 81.1 Å². The Kier molecular flexibility index (Phi) is 9.14. The van der Waals surface area contributed by atoms with Crippen molar-refractivity contribution in [1.29, 1.82) is 0 Å². The van der Waals surface area contributed by atoms with Crippen LogP contribution in [0.4, 0.5) is 17.1 Å². The first kappa shape index (κ1) is 32.7. The van der Waals surface area contributed by atoms with Crippen molar-refractivity contribution >= 4 is 27.8 Å². The van der Waals surface area contributed by atoms with Crippen LogP contribution in [0.3, 0.4) is 0 Å². The number of fused-ring (bicyclic) bond motifs is 1. The third-order valence-corrected chi connectivity index (χ3v) is 11.1. The fraction of sp³-hybridized carbons (Fsp3) is 0.115. The van der Waals surface area contributed by atoms with Crippen LogP contribution in [0.1, 0.15) is 43.6 Å². The van der Waals surface area contributed by atoms with Crippen molar-refractivity contribution in [2.75, 3.05) is 4.90 Å². The quantitative estimate of drug-likeness (QED) is 0.154. The lowest BCUT2D eigenvalue weighted by atomic mass is 9.80. The van der Waals surface area contributed by atoms with E-state index in [1.54, 1.807) is 0 Å². The summed E-state index contributed by atoms with van der Waals surface area (Å²) in [6.45, 7) is 0. The fourth-order valence-corrected chi connectivity index (χ4v) is 8.55. The third kappa shape index (κ3) is 6.45. The van der Waals surface area contributed by atoms with E-state index in [0.717, 1.165) is 17.1 Å². The molecule has 0 radical (unpaired) electrons. The smallest absolute Gasteiger partial charge is 0.0540 e. The first-order valence-corrected chi connectivity index (χ1v) is 19.1. The Morgan fingerprint density at radius 3 is 1.38 bits per heavy atom. The lowest BCUT2D eigenvalue weighted by Crippen LogP contribution is -2.13. The minimum atomic E-state index is 0.593. The van der Waals surface area contributed by atoms with Crippen molar-refractivity contribution in [1.82, 2.24) is 0 Å². The van der Waals surface area contributed by atoms with E-state index < -0.39 is 0 Å². The molecule has 1 nitrogen and oxygen atoms in total. The van der Waals surface area contributed by atoms with Crippen molar-refractivity contribution in [3.8, 4) is 44.5 Å². The molecule has 0 spiro atoms. The maximum atomic E-state index is 2.51. The maximum Gasteiger partial charge on any atom is 0.0540 e. The molecule has 53 heavy (non-hydrogen) atoms. The zero-order valence-corrected chi connectivity index (χ0v) is 30.0. The van der Waals surface area contributed by atoms with Crippen LogP contribution in [-0.2, 0) is 0 Å². The standard InChI is InChI=1S/C52H43N/c1-4-18-38(19-5-1)39-34-36-42(37-35-39)45-27-11-14-32-50(45)53(49-31-13-10-26-44(49)40-20-6-2-7-21-40)51-33-15-12-28-47(51)48-30-17-25-43-24-16-29-46(52(43)48)41-22-8-3-9-23-41/h1-2,4-7,10-21,24-37,41H,3,8-9,22-23H2. The lowest BCUT2D eigenvalue weighted by molar-refractivity contribution is 0.445. The highest BCUT2D eigenvalue weighted by Gasteiger charge is 2.25. The van der Waals surface area contributed by atoms with Crippen molar-refractivity contribution in [2.45, 2.75) is 38.0 Å². The summed E-state index contributed by atoms with van der Waals surface area (Å²) >= 11 is 0. The van der Waals surface area contributed by atoms with Gasteiger partial charge in [-0.25, -0.2) is 0 Å². The monoisotopic (exact) mass is 681 g/mol. The molecule has 9 rings (SSSR count). The highest BCUT2D eigenvalue weighted by Crippen LogP contribution is 2.49. The Morgan fingerprint density at radius 2 is 0.755 bits per heavy atom. The number of rotatable bonds is 8. The molecule has 256 valence electrons. The summed E-state index contributed by atoms with van der Waals surface area (Å²) in [5, 5.41) is 2.71. The van der Waals surface area contributed by atoms with E-state index >= 15 is 0 Å². The van der Waals surface area contributed by atoms with Crippen LogP contribution in [0.5, 0.6) is 0 Å². The van der Waals surface area contributed by atoms with Gasteiger partial charge in [0.1, 0.15) is 0 Å². The molecule has 0 saturated heterocycles. The highest BCUT2D eigenvalue weighted by atomic mass is 15.1. The zero-order valence-electron chi connectivity index (χ0n) is 30.0. The van der Waals surface area contributed by atoms with Gasteiger partial charge < -0.3 is 4.90 Å². The predicted octanol–water partition coefficient (Wildman–Crippen LogP) is 15.0. The number of para-hydroxylation sites is 3. The number of benzene rings is 8. The van der Waals surface area contributed by atoms with E-state index in [-0.39, 0.29) is 0 Å². The Morgan fingerprint density at radius 1 is 0.321 bits per heavy atom. The molecule has 0 N–H and O–H groups in total. The van der Waals surface area contributed by atoms with E-state index in [1.165, 1.54) is 92.9 Å². The Bertz CT molecular complexity index is 2470. The summed E-state index contributed by atoms with van der Waals surface area (Å²) in [4.78, 5) is 2.51. The van der Waals surface area contributed by atoms with Crippen LogP contribution < -0.4 is 4.90 Å². The predicted molar refractivity (Wildman–Crippen MR) is 226 cm³/mol. The molecule has 0 heterocycles. The van der Waals surface area contributed by atoms with Crippen molar-refractivity contribution < 1.29 is 0 Å². The van der Waals surface area contributed by atoms with E-state index in [1.807, 2.05) is 0 Å². The van der Waals surface area contributed by atoms with Crippen LogP contribution in [0, 0.1) is 0 Å². The third-order valence-electron chi connectivity index (χ3n) is 11.1. The summed E-state index contributed by atoms with van der Waals surface area (Å²) in [6.07, 6.45) is 6.51. The second-order valence-electron chi connectivity index (χ2n) is 14.3. The largest absolute Gasteiger partial charge is 0.309 e. The van der Waals surface area contributed by atoms with Gasteiger partial charge in [0.25, 0.3) is 0 Å². The molecular formula is C52H43N. The molecule has 0 unspecified atom stereocenters. The normalized spacial score (nSPS) is 13.2. The lowest BCUT2D eigenvalue weighted by Gasteiger charge is -2.32. The molecule has 8 aromatic carbocycles. The van der Waals surface area contributed by atoms with Crippen molar-refractivity contribution in [2.24, 2.45) is 0 Å². The molecule has 0 aliphatic heterocycles. The first-order valence-electron chi connectivity index (χ1n) is 19.1. The van der Waals surface area contributed by atoms with Gasteiger partial charge >= 0.3 is 0 Å². The fourth-order valence-electron chi connectivity index (χ4n) is 8.55. The van der Waals surface area contributed by atoms with Crippen molar-refractivity contribution in [3.63, 3.8) is 0 Å². The highest BCUT2D eigenvalue weighted by molar-refractivity contribution is 6.05. The molecule has 0 bridgehead atoms. The van der Waals surface area contributed by atoms with Crippen LogP contribution in [-0.4, -0.2) is 0 Å². The summed E-state index contributed by atoms with van der Waals surface area (Å²) in [7, 11) is 0. The molecule has 0 amide bonds. The zero-order chi connectivity index (χ0) is 35.4. The van der Waals surface area contributed by atoms with Crippen LogP contribution in [0.25, 0.3) is 55.3 Å². The van der Waals surface area contributed by atoms with Gasteiger partial charge in [0.05, 0.1) is 17.1 Å². The van der Waals surface area contributed by atoms with Crippen LogP contribution in [0.15, 0.2) is 194 Å². The molecule has 1 saturated carbocycles. The first-order chi connectivity index (χ1) is 26.3. The molecule has 0 aromatic heterocycles. The van der Waals surface area contributed by atoms with E-state index in [9.17, 15) is 0 Å². The SMILES string of the molecule is c1ccc(-c2ccc(-c3ccccc3N(c3ccccc3-c3ccccc3)c3ccccc3-c3cccc4cccc(C5CCCCC5)c34)cc2)cc1. The molecular weight excluding hydrogens is 639 g/mol. The summed E-state index contributed by atoms with van der Waals surface area (Å²) in [5.41, 5.74) is 14.7. The number of anilines is 3. The minimum absolute atomic E-state index is 0.593. The van der Waals surface area contributed by atoms with E-state index in [2.05, 4.69) is 199 Å². The summed E-state index contributed by atoms with van der Waals surface area (Å²) in [6, 6.07) is 71.2. The van der Waals surface area contributed by atoms with Gasteiger partial charge in [0, 0.05) is 16.7 Å². The molecule has 0 atom stereocenters. The van der Waals surface area contributed by atoms with Gasteiger partial charge in [-0.2, -0.15) is 0 Å². The Hall–Kier alpha value is -6.18. The second kappa shape index (κ2) is 14.8. The Balaban J connectivity index is 1.28. The van der Waals surface area contributed by atoms with E-state index in [0.29, 0.717) is 5.92 Å². The molecule has 1 aliphatic carbocycles. The Labute approximate surface area is 313 Å². The van der Waals surface area contributed by atoms with Gasteiger partial charge in [-0.15, -0.1) is 0 Å². The molecule has 8 aromatic rings. The van der Waals surface area contributed by atoms with Gasteiger partial charge in [0.15, 0.2) is 0 Å². The van der Waals surface area contributed by atoms with Crippen LogP contribution >= 0.6 is 0 Å². The number of nitrogens with zero attached hydrogens (tertiary/aromatic N) is 1. The minimum Gasteiger partial charge on any atom is -0.309 e. The molecule has 1 heteroatoms. The number of hydrogen-bond donors (Lipinski definition) is 0. The van der Waals surface area contributed by atoms with Crippen molar-refractivity contribution in [3.05, 3.63) is 200 Å². The van der Waals surface area contributed by atoms with Gasteiger partial charge in [-0.3, -0.25) is 0 Å². The molecule has 1 fully saturated rings. The topological polar surface area (TPSA) is 3.24 Å². The average molecular weight is 682 g/mol.